The topological polar surface area (TPSA) is 39.1 Å². The van der Waals surface area contributed by atoms with Crippen molar-refractivity contribution in [2.75, 3.05) is 19.8 Å². The molecule has 1 saturated heterocycles. The largest absolute Gasteiger partial charge is 0.379 e. The van der Waals surface area contributed by atoms with E-state index in [2.05, 4.69) is 21.9 Å². The molecule has 3 heterocycles. The Balaban J connectivity index is 2.06. The van der Waals surface area contributed by atoms with Gasteiger partial charge in [-0.3, -0.25) is 0 Å². The molecule has 1 atom stereocenters. The second-order valence-corrected chi connectivity index (χ2v) is 4.57. The first kappa shape index (κ1) is 9.36. The molecule has 0 saturated carbocycles. The van der Waals surface area contributed by atoms with Crippen LogP contribution in [-0.4, -0.2) is 29.3 Å². The number of fused-ring (bicyclic) bond motifs is 2. The maximum Gasteiger partial charge on any atom is 0.0949 e. The molecule has 1 spiro atoms. The average molecular weight is 207 g/mol. The maximum absolute atomic E-state index is 5.64. The van der Waals surface area contributed by atoms with Gasteiger partial charge in [-0.25, -0.2) is 4.98 Å². The van der Waals surface area contributed by atoms with Gasteiger partial charge in [0.1, 0.15) is 0 Å². The lowest BCUT2D eigenvalue weighted by molar-refractivity contribution is 0.0117. The molecule has 0 aliphatic carbocycles. The van der Waals surface area contributed by atoms with Crippen LogP contribution in [0.25, 0.3) is 0 Å². The first-order valence-electron chi connectivity index (χ1n) is 5.65. The summed E-state index contributed by atoms with van der Waals surface area (Å²) in [5.74, 6) is 0. The van der Waals surface area contributed by atoms with Crippen molar-refractivity contribution in [2.24, 2.45) is 7.05 Å². The van der Waals surface area contributed by atoms with Crippen molar-refractivity contribution in [1.82, 2.24) is 14.9 Å². The Hall–Kier alpha value is -0.870. The zero-order chi connectivity index (χ0) is 10.3. The second kappa shape index (κ2) is 3.32. The van der Waals surface area contributed by atoms with Crippen LogP contribution < -0.4 is 5.32 Å². The molecule has 4 nitrogen and oxygen atoms in total. The number of nitrogens with one attached hydrogen (secondary N) is 1. The molecular weight excluding hydrogens is 190 g/mol. The number of rotatable bonds is 0. The molecule has 1 fully saturated rings. The first-order chi connectivity index (χ1) is 7.32. The SMILES string of the molecule is Cn1cnc2c1C1(CCCOC1)NCC2. The van der Waals surface area contributed by atoms with Crippen molar-refractivity contribution in [2.45, 2.75) is 24.8 Å². The predicted molar refractivity (Wildman–Crippen MR) is 56.6 cm³/mol. The molecule has 82 valence electrons. The predicted octanol–water partition coefficient (Wildman–Crippen LogP) is 0.571. The summed E-state index contributed by atoms with van der Waals surface area (Å²) in [5, 5.41) is 3.63. The summed E-state index contributed by atoms with van der Waals surface area (Å²) in [5.41, 5.74) is 2.63. The van der Waals surface area contributed by atoms with Gasteiger partial charge >= 0.3 is 0 Å². The highest BCUT2D eigenvalue weighted by atomic mass is 16.5. The van der Waals surface area contributed by atoms with E-state index >= 15 is 0 Å². The minimum atomic E-state index is 0.0388. The lowest BCUT2D eigenvalue weighted by Crippen LogP contribution is -2.53. The van der Waals surface area contributed by atoms with Gasteiger partial charge in [-0.05, 0) is 12.8 Å². The fraction of sp³-hybridized carbons (Fsp3) is 0.727. The van der Waals surface area contributed by atoms with Crippen LogP contribution in [0.5, 0.6) is 0 Å². The van der Waals surface area contributed by atoms with Crippen LogP contribution in [-0.2, 0) is 23.7 Å². The lowest BCUT2D eigenvalue weighted by Gasteiger charge is -2.41. The summed E-state index contributed by atoms with van der Waals surface area (Å²) in [4.78, 5) is 4.47. The van der Waals surface area contributed by atoms with Gasteiger partial charge in [0.25, 0.3) is 0 Å². The van der Waals surface area contributed by atoms with Crippen molar-refractivity contribution < 1.29 is 4.74 Å². The summed E-state index contributed by atoms with van der Waals surface area (Å²) < 4.78 is 7.79. The van der Waals surface area contributed by atoms with Gasteiger partial charge in [-0.2, -0.15) is 0 Å². The standard InChI is InChI=1S/C11H17N3O/c1-14-8-12-9-3-5-13-11(10(9)14)4-2-6-15-7-11/h8,13H,2-7H2,1H3. The van der Waals surface area contributed by atoms with E-state index in [0.717, 1.165) is 32.6 Å². The van der Waals surface area contributed by atoms with E-state index in [0.29, 0.717) is 0 Å². The van der Waals surface area contributed by atoms with E-state index in [9.17, 15) is 0 Å². The van der Waals surface area contributed by atoms with Gasteiger partial charge in [0.15, 0.2) is 0 Å². The highest BCUT2D eigenvalue weighted by Gasteiger charge is 2.40. The third-order valence-corrected chi connectivity index (χ3v) is 3.53. The molecule has 3 rings (SSSR count). The normalized spacial score (nSPS) is 30.5. The molecule has 0 aromatic carbocycles. The number of imidazole rings is 1. The number of aromatic nitrogens is 2. The number of ether oxygens (including phenoxy) is 1. The molecule has 0 bridgehead atoms. The summed E-state index contributed by atoms with van der Waals surface area (Å²) in [7, 11) is 2.08. The first-order valence-corrected chi connectivity index (χ1v) is 5.65. The molecule has 15 heavy (non-hydrogen) atoms. The molecule has 0 amide bonds. The Morgan fingerprint density at radius 2 is 2.53 bits per heavy atom. The van der Waals surface area contributed by atoms with Gasteiger partial charge in [0.2, 0.25) is 0 Å². The molecule has 2 aliphatic heterocycles. The van der Waals surface area contributed by atoms with Crippen molar-refractivity contribution in [3.8, 4) is 0 Å². The average Bonchev–Trinajstić information content (AvgIpc) is 2.63. The van der Waals surface area contributed by atoms with Gasteiger partial charge in [0.05, 0.1) is 29.9 Å². The molecule has 1 N–H and O–H groups in total. The summed E-state index contributed by atoms with van der Waals surface area (Å²) in [6, 6.07) is 0. The van der Waals surface area contributed by atoms with E-state index in [4.69, 9.17) is 4.74 Å². The smallest absolute Gasteiger partial charge is 0.0949 e. The number of nitrogens with zero attached hydrogens (tertiary/aromatic N) is 2. The summed E-state index contributed by atoms with van der Waals surface area (Å²) in [6.07, 6.45) is 5.27. The van der Waals surface area contributed by atoms with Gasteiger partial charge in [-0.15, -0.1) is 0 Å². The number of hydrogen-bond donors (Lipinski definition) is 1. The van der Waals surface area contributed by atoms with Crippen LogP contribution in [0.15, 0.2) is 6.33 Å². The molecule has 0 radical (unpaired) electrons. The minimum absolute atomic E-state index is 0.0388. The van der Waals surface area contributed by atoms with Gasteiger partial charge in [-0.1, -0.05) is 0 Å². The van der Waals surface area contributed by atoms with E-state index < -0.39 is 0 Å². The highest BCUT2D eigenvalue weighted by Crippen LogP contribution is 2.34. The van der Waals surface area contributed by atoms with Crippen molar-refractivity contribution in [3.05, 3.63) is 17.7 Å². The van der Waals surface area contributed by atoms with Crippen LogP contribution in [0.3, 0.4) is 0 Å². The van der Waals surface area contributed by atoms with E-state index in [1.807, 2.05) is 6.33 Å². The molecule has 1 aromatic heterocycles. The van der Waals surface area contributed by atoms with Crippen molar-refractivity contribution in [1.29, 1.82) is 0 Å². The van der Waals surface area contributed by atoms with Crippen molar-refractivity contribution in [3.63, 3.8) is 0 Å². The van der Waals surface area contributed by atoms with Crippen LogP contribution in [0.1, 0.15) is 24.2 Å². The van der Waals surface area contributed by atoms with Crippen molar-refractivity contribution >= 4 is 0 Å². The fourth-order valence-electron chi connectivity index (χ4n) is 2.90. The zero-order valence-corrected chi connectivity index (χ0v) is 9.12. The second-order valence-electron chi connectivity index (χ2n) is 4.57. The third-order valence-electron chi connectivity index (χ3n) is 3.53. The monoisotopic (exact) mass is 207 g/mol. The Labute approximate surface area is 89.6 Å². The molecule has 1 aromatic rings. The fourth-order valence-corrected chi connectivity index (χ4v) is 2.90. The Morgan fingerprint density at radius 1 is 1.60 bits per heavy atom. The quantitative estimate of drug-likeness (QED) is 0.676. The zero-order valence-electron chi connectivity index (χ0n) is 9.12. The molecule has 2 aliphatic rings. The third kappa shape index (κ3) is 1.32. The van der Waals surface area contributed by atoms with Crippen LogP contribution in [0, 0.1) is 0 Å². The number of hydrogen-bond acceptors (Lipinski definition) is 3. The van der Waals surface area contributed by atoms with Crippen LogP contribution >= 0.6 is 0 Å². The molecular formula is C11H17N3O. The molecule has 4 heteroatoms. The van der Waals surface area contributed by atoms with Gasteiger partial charge in [0, 0.05) is 26.6 Å². The van der Waals surface area contributed by atoms with E-state index in [-0.39, 0.29) is 5.54 Å². The van der Waals surface area contributed by atoms with E-state index in [1.54, 1.807) is 0 Å². The summed E-state index contributed by atoms with van der Waals surface area (Å²) >= 11 is 0. The van der Waals surface area contributed by atoms with Crippen LogP contribution in [0.4, 0.5) is 0 Å². The lowest BCUT2D eigenvalue weighted by atomic mass is 9.84. The summed E-state index contributed by atoms with van der Waals surface area (Å²) in [6.45, 7) is 2.71. The minimum Gasteiger partial charge on any atom is -0.379 e. The van der Waals surface area contributed by atoms with Crippen LogP contribution in [0.2, 0.25) is 0 Å². The Morgan fingerprint density at radius 3 is 3.33 bits per heavy atom. The van der Waals surface area contributed by atoms with Gasteiger partial charge < -0.3 is 14.6 Å². The number of aryl methyl sites for hydroxylation is 1. The Bertz CT molecular complexity index is 366. The van der Waals surface area contributed by atoms with E-state index in [1.165, 1.54) is 17.8 Å². The highest BCUT2D eigenvalue weighted by molar-refractivity contribution is 5.27. The Kier molecular flexibility index (Phi) is 2.07. The molecule has 1 unspecified atom stereocenters. The maximum atomic E-state index is 5.64.